The molecule has 0 saturated heterocycles. The first-order chi connectivity index (χ1) is 10.3. The van der Waals surface area contributed by atoms with Gasteiger partial charge in [-0.2, -0.15) is 0 Å². The molecule has 7 nitrogen and oxygen atoms in total. The monoisotopic (exact) mass is 302 g/mol. The first-order valence-corrected chi connectivity index (χ1v) is 7.31. The predicted molar refractivity (Wildman–Crippen MR) is 74.6 cm³/mol. The van der Waals surface area contributed by atoms with Crippen molar-refractivity contribution in [3.8, 4) is 11.6 Å². The first kappa shape index (κ1) is 12.3. The zero-order valence-electron chi connectivity index (χ0n) is 10.8. The Morgan fingerprint density at radius 2 is 2.05 bits per heavy atom. The van der Waals surface area contributed by atoms with Crippen molar-refractivity contribution in [3.63, 3.8) is 0 Å². The van der Waals surface area contributed by atoms with Gasteiger partial charge in [0.1, 0.15) is 0 Å². The number of amides is 1. The van der Waals surface area contributed by atoms with Gasteiger partial charge in [0.05, 0.1) is 19.1 Å². The number of hydrogen-bond acceptors (Lipinski definition) is 6. The van der Waals surface area contributed by atoms with Gasteiger partial charge in [-0.3, -0.25) is 4.79 Å². The van der Waals surface area contributed by atoms with E-state index in [1.165, 1.54) is 6.26 Å². The Labute approximate surface area is 123 Å². The minimum atomic E-state index is -0.228. The van der Waals surface area contributed by atoms with Crippen LogP contribution in [0, 0.1) is 0 Å². The summed E-state index contributed by atoms with van der Waals surface area (Å²) in [6, 6.07) is 6.88. The fourth-order valence-corrected chi connectivity index (χ4v) is 3.03. The molecule has 0 unspecified atom stereocenters. The second kappa shape index (κ2) is 4.81. The minimum absolute atomic E-state index is 0.228. The molecule has 0 radical (unpaired) electrons. The fraction of sp³-hybridized carbons (Fsp3) is 0.154. The van der Waals surface area contributed by atoms with Crippen molar-refractivity contribution >= 4 is 17.7 Å². The van der Waals surface area contributed by atoms with Crippen molar-refractivity contribution in [2.45, 2.75) is 5.16 Å². The molecule has 106 valence electrons. The molecule has 0 atom stereocenters. The zero-order chi connectivity index (χ0) is 14.2. The number of aromatic nitrogens is 3. The van der Waals surface area contributed by atoms with Crippen molar-refractivity contribution < 1.29 is 13.6 Å². The van der Waals surface area contributed by atoms with Gasteiger partial charge in [0.25, 0.3) is 0 Å². The molecule has 0 N–H and O–H groups in total. The maximum absolute atomic E-state index is 12.6. The number of hydrogen-bond donors (Lipinski definition) is 0. The summed E-state index contributed by atoms with van der Waals surface area (Å²) in [5.41, 5.74) is 0. The summed E-state index contributed by atoms with van der Waals surface area (Å²) in [5.74, 6) is 1.87. The number of carbonyl (C=O) groups excluding carboxylic acids is 1. The molecule has 0 spiro atoms. The maximum Gasteiger partial charge on any atom is 0.308 e. The van der Waals surface area contributed by atoms with Crippen LogP contribution in [0.4, 0.5) is 0 Å². The summed E-state index contributed by atoms with van der Waals surface area (Å²) >= 11 is 1.55. The van der Waals surface area contributed by atoms with E-state index in [4.69, 9.17) is 8.83 Å². The van der Waals surface area contributed by atoms with Crippen LogP contribution < -0.4 is 5.01 Å². The van der Waals surface area contributed by atoms with Crippen LogP contribution in [0.5, 0.6) is 0 Å². The lowest BCUT2D eigenvalue weighted by Gasteiger charge is -2.27. The molecule has 1 amide bonds. The predicted octanol–water partition coefficient (Wildman–Crippen LogP) is 2.02. The normalized spacial score (nSPS) is 14.2. The number of thioether (sulfide) groups is 1. The Bertz CT molecular complexity index is 764. The van der Waals surface area contributed by atoms with Gasteiger partial charge >= 0.3 is 5.91 Å². The average molecular weight is 302 g/mol. The number of rotatable bonds is 2. The number of furan rings is 2. The summed E-state index contributed by atoms with van der Waals surface area (Å²) in [5, 5.41) is 10.5. The summed E-state index contributed by atoms with van der Waals surface area (Å²) in [4.78, 5) is 12.6. The Balaban J connectivity index is 1.80. The van der Waals surface area contributed by atoms with Crippen LogP contribution >= 0.6 is 11.8 Å². The highest BCUT2D eigenvalue weighted by molar-refractivity contribution is 7.99. The molecular weight excluding hydrogens is 292 g/mol. The molecule has 3 aromatic rings. The van der Waals surface area contributed by atoms with E-state index in [0.29, 0.717) is 23.3 Å². The maximum atomic E-state index is 12.6. The molecule has 0 aliphatic carbocycles. The lowest BCUT2D eigenvalue weighted by Crippen LogP contribution is -2.45. The molecule has 0 fully saturated rings. The SMILES string of the molecule is O=C(c1ccco1)N1CCSc2nnc(-c3ccco3)n21. The number of carbonyl (C=O) groups is 1. The Morgan fingerprint density at radius 3 is 2.81 bits per heavy atom. The third kappa shape index (κ3) is 1.95. The Morgan fingerprint density at radius 1 is 1.19 bits per heavy atom. The second-order valence-corrected chi connectivity index (χ2v) is 5.41. The third-order valence-corrected chi connectivity index (χ3v) is 4.00. The van der Waals surface area contributed by atoms with Crippen molar-refractivity contribution in [1.29, 1.82) is 0 Å². The molecule has 0 aromatic carbocycles. The van der Waals surface area contributed by atoms with Crippen molar-refractivity contribution in [1.82, 2.24) is 14.9 Å². The largest absolute Gasteiger partial charge is 0.461 e. The van der Waals surface area contributed by atoms with E-state index in [1.54, 1.807) is 52.0 Å². The van der Waals surface area contributed by atoms with E-state index in [0.717, 1.165) is 5.75 Å². The standard InChI is InChI=1S/C13H10N4O3S/c18-12(10-4-2-7-20-10)16-5-8-21-13-15-14-11(17(13)16)9-3-1-6-19-9/h1-4,6-7H,5,8H2. The minimum Gasteiger partial charge on any atom is -0.461 e. The molecule has 0 saturated carbocycles. The van der Waals surface area contributed by atoms with Crippen LogP contribution in [0.1, 0.15) is 10.6 Å². The molecule has 4 heterocycles. The molecule has 1 aliphatic heterocycles. The number of nitrogens with zero attached hydrogens (tertiary/aromatic N) is 4. The van der Waals surface area contributed by atoms with E-state index in [2.05, 4.69) is 10.2 Å². The van der Waals surface area contributed by atoms with Gasteiger partial charge in [-0.25, -0.2) is 9.69 Å². The van der Waals surface area contributed by atoms with Gasteiger partial charge in [0, 0.05) is 5.75 Å². The van der Waals surface area contributed by atoms with Gasteiger partial charge in [-0.1, -0.05) is 11.8 Å². The summed E-state index contributed by atoms with van der Waals surface area (Å²) in [6.45, 7) is 0.545. The topological polar surface area (TPSA) is 77.3 Å². The highest BCUT2D eigenvalue weighted by Crippen LogP contribution is 2.28. The summed E-state index contributed by atoms with van der Waals surface area (Å²) in [7, 11) is 0. The average Bonchev–Trinajstić information content (AvgIpc) is 3.24. The fourth-order valence-electron chi connectivity index (χ4n) is 2.18. The van der Waals surface area contributed by atoms with Gasteiger partial charge < -0.3 is 8.83 Å². The van der Waals surface area contributed by atoms with Crippen LogP contribution in [0.3, 0.4) is 0 Å². The van der Waals surface area contributed by atoms with E-state index >= 15 is 0 Å². The van der Waals surface area contributed by atoms with Gasteiger partial charge in [-0.05, 0) is 24.3 Å². The summed E-state index contributed by atoms with van der Waals surface area (Å²) in [6.07, 6.45) is 3.04. The Hall–Kier alpha value is -2.48. The highest BCUT2D eigenvalue weighted by atomic mass is 32.2. The van der Waals surface area contributed by atoms with Crippen LogP contribution in [0.2, 0.25) is 0 Å². The molecule has 3 aromatic heterocycles. The van der Waals surface area contributed by atoms with Crippen LogP contribution in [-0.4, -0.2) is 33.1 Å². The van der Waals surface area contributed by atoms with E-state index in [-0.39, 0.29) is 11.7 Å². The third-order valence-electron chi connectivity index (χ3n) is 3.10. The molecule has 4 rings (SSSR count). The molecule has 21 heavy (non-hydrogen) atoms. The van der Waals surface area contributed by atoms with Crippen molar-refractivity contribution in [2.24, 2.45) is 0 Å². The molecule has 0 bridgehead atoms. The smallest absolute Gasteiger partial charge is 0.308 e. The van der Waals surface area contributed by atoms with E-state index in [1.807, 2.05) is 0 Å². The van der Waals surface area contributed by atoms with Gasteiger partial charge in [0.15, 0.2) is 11.5 Å². The second-order valence-electron chi connectivity index (χ2n) is 4.35. The van der Waals surface area contributed by atoms with Crippen molar-refractivity contribution in [2.75, 3.05) is 17.3 Å². The lowest BCUT2D eigenvalue weighted by atomic mass is 10.4. The lowest BCUT2D eigenvalue weighted by molar-refractivity contribution is 0.0929. The first-order valence-electron chi connectivity index (χ1n) is 6.32. The quantitative estimate of drug-likeness (QED) is 0.720. The van der Waals surface area contributed by atoms with Gasteiger partial charge in [-0.15, -0.1) is 10.2 Å². The zero-order valence-corrected chi connectivity index (χ0v) is 11.6. The van der Waals surface area contributed by atoms with Crippen LogP contribution in [0.15, 0.2) is 50.8 Å². The van der Waals surface area contributed by atoms with Gasteiger partial charge in [0.2, 0.25) is 11.0 Å². The Kier molecular flexibility index (Phi) is 2.81. The van der Waals surface area contributed by atoms with Crippen LogP contribution in [-0.2, 0) is 0 Å². The van der Waals surface area contributed by atoms with E-state index in [9.17, 15) is 4.79 Å². The molecule has 8 heteroatoms. The highest BCUT2D eigenvalue weighted by Gasteiger charge is 2.30. The molecule has 1 aliphatic rings. The van der Waals surface area contributed by atoms with E-state index < -0.39 is 0 Å². The number of fused-ring (bicyclic) bond motifs is 1. The van der Waals surface area contributed by atoms with Crippen LogP contribution in [0.25, 0.3) is 11.6 Å². The van der Waals surface area contributed by atoms with Crippen molar-refractivity contribution in [3.05, 3.63) is 42.6 Å². The summed E-state index contributed by atoms with van der Waals surface area (Å²) < 4.78 is 12.2. The molecular formula is C13H10N4O3S.